The molecule has 38 heavy (non-hydrogen) atoms. The van der Waals surface area contributed by atoms with Gasteiger partial charge in [0, 0.05) is 12.8 Å². The zero-order valence-corrected chi connectivity index (χ0v) is 21.8. The lowest BCUT2D eigenvalue weighted by atomic mass is 9.92. The Morgan fingerprint density at radius 2 is 1.97 bits per heavy atom. The Kier molecular flexibility index (Phi) is 6.44. The number of carbonyl (C=O) groups is 1. The number of anilines is 2. The van der Waals surface area contributed by atoms with Crippen LogP contribution in [0.15, 0.2) is 37.2 Å². The van der Waals surface area contributed by atoms with Crippen LogP contribution >= 0.6 is 11.6 Å². The van der Waals surface area contributed by atoms with Crippen molar-refractivity contribution in [2.45, 2.75) is 56.4 Å². The second-order valence-corrected chi connectivity index (χ2v) is 10.4. The highest BCUT2D eigenvalue weighted by atomic mass is 35.5. The third kappa shape index (κ3) is 4.93. The number of rotatable bonds is 7. The van der Waals surface area contributed by atoms with E-state index in [2.05, 4.69) is 25.4 Å². The van der Waals surface area contributed by atoms with E-state index in [1.54, 1.807) is 17.1 Å². The molecule has 12 nitrogen and oxygen atoms in total. The van der Waals surface area contributed by atoms with Crippen molar-refractivity contribution in [2.24, 2.45) is 0 Å². The molecule has 4 heterocycles. The van der Waals surface area contributed by atoms with Gasteiger partial charge in [0.05, 0.1) is 48.8 Å². The largest absolute Gasteiger partial charge is 0.489 e. The first-order valence-corrected chi connectivity index (χ1v) is 12.9. The van der Waals surface area contributed by atoms with Crippen molar-refractivity contribution < 1.29 is 23.7 Å². The predicted molar refractivity (Wildman–Crippen MR) is 136 cm³/mol. The number of hydrogen-bond donors (Lipinski definition) is 1. The van der Waals surface area contributed by atoms with Crippen LogP contribution in [0.2, 0.25) is 5.02 Å². The van der Waals surface area contributed by atoms with Gasteiger partial charge in [0.2, 0.25) is 5.75 Å². The summed E-state index contributed by atoms with van der Waals surface area (Å²) in [7, 11) is 1.53. The van der Waals surface area contributed by atoms with Gasteiger partial charge in [-0.25, -0.2) is 19.4 Å². The van der Waals surface area contributed by atoms with E-state index in [4.69, 9.17) is 30.5 Å². The van der Waals surface area contributed by atoms with Crippen LogP contribution in [0.1, 0.15) is 32.6 Å². The first-order valence-electron chi connectivity index (χ1n) is 12.5. The molecule has 2 saturated heterocycles. The standard InChI is InChI=1S/C25H28ClN7O5/c1-25(5-6-25)38-24(34)33-16-7-18(8-17(33)11-36-10-16)37-23-21(35-2)22(28-13-29-23)31-20-4-3-15(9-19(20)26)32-14-27-12-30-32/h3-4,9,12-14,16-18H,5-8,10-11H2,1-2H3,(H,28,29,31). The number of nitrogens with one attached hydrogen (secondary N) is 1. The second-order valence-electron chi connectivity index (χ2n) is 9.97. The number of benzene rings is 1. The van der Waals surface area contributed by atoms with Crippen molar-refractivity contribution in [3.63, 3.8) is 0 Å². The molecule has 3 aliphatic rings. The number of aromatic nitrogens is 5. The number of halogens is 1. The van der Waals surface area contributed by atoms with Crippen molar-refractivity contribution >= 4 is 29.2 Å². The van der Waals surface area contributed by atoms with Crippen molar-refractivity contribution in [3.05, 3.63) is 42.2 Å². The van der Waals surface area contributed by atoms with E-state index in [0.29, 0.717) is 54.2 Å². The van der Waals surface area contributed by atoms with Crippen LogP contribution in [0, 0.1) is 0 Å². The van der Waals surface area contributed by atoms with Crippen LogP contribution in [0.4, 0.5) is 16.3 Å². The van der Waals surface area contributed by atoms with Crippen molar-refractivity contribution in [1.82, 2.24) is 29.6 Å². The van der Waals surface area contributed by atoms with Crippen LogP contribution in [0.3, 0.4) is 0 Å². The number of ether oxygens (including phenoxy) is 4. The Balaban J connectivity index is 1.17. The molecule has 1 amide bonds. The molecule has 2 aliphatic heterocycles. The van der Waals surface area contributed by atoms with Crippen LogP contribution < -0.4 is 14.8 Å². The summed E-state index contributed by atoms with van der Waals surface area (Å²) in [5.74, 6) is 1.08. The van der Waals surface area contributed by atoms with E-state index >= 15 is 0 Å². The zero-order valence-electron chi connectivity index (χ0n) is 21.0. The summed E-state index contributed by atoms with van der Waals surface area (Å²) in [5.41, 5.74) is 1.07. The van der Waals surface area contributed by atoms with Gasteiger partial charge in [-0.15, -0.1) is 0 Å². The zero-order chi connectivity index (χ0) is 26.3. The number of amides is 1. The molecule has 1 N–H and O–H groups in total. The highest BCUT2D eigenvalue weighted by Crippen LogP contribution is 2.41. The number of nitrogens with zero attached hydrogens (tertiary/aromatic N) is 6. The van der Waals surface area contributed by atoms with Gasteiger partial charge < -0.3 is 24.3 Å². The molecule has 3 fully saturated rings. The van der Waals surface area contributed by atoms with E-state index < -0.39 is 0 Å². The average Bonchev–Trinajstić information content (AvgIpc) is 3.36. The van der Waals surface area contributed by atoms with Crippen LogP contribution in [-0.2, 0) is 9.47 Å². The maximum absolute atomic E-state index is 12.9. The fraction of sp³-hybridized carbons (Fsp3) is 0.480. The fourth-order valence-electron chi connectivity index (χ4n) is 4.89. The molecular formula is C25H28ClN7O5. The Bertz CT molecular complexity index is 1310. The summed E-state index contributed by atoms with van der Waals surface area (Å²) in [5, 5.41) is 7.80. The molecule has 13 heteroatoms. The molecule has 2 atom stereocenters. The normalized spacial score (nSPS) is 23.4. The Morgan fingerprint density at radius 1 is 1.18 bits per heavy atom. The first kappa shape index (κ1) is 24.7. The maximum atomic E-state index is 12.9. The summed E-state index contributed by atoms with van der Waals surface area (Å²) in [6.07, 6.45) is 7.01. The van der Waals surface area contributed by atoms with Gasteiger partial charge >= 0.3 is 6.09 Å². The molecular weight excluding hydrogens is 514 g/mol. The number of fused-ring (bicyclic) bond motifs is 2. The van der Waals surface area contributed by atoms with Crippen LogP contribution in [-0.4, -0.2) is 79.8 Å². The SMILES string of the molecule is COc1c(Nc2ccc(-n3cncn3)cc2Cl)ncnc1OC1CC2COCC(C1)N2C(=O)OC1(C)CC1. The van der Waals surface area contributed by atoms with Gasteiger partial charge in [-0.2, -0.15) is 10.1 Å². The van der Waals surface area contributed by atoms with Crippen LogP contribution in [0.25, 0.3) is 5.69 Å². The summed E-state index contributed by atoms with van der Waals surface area (Å²) in [6.45, 7) is 2.86. The number of hydrogen-bond acceptors (Lipinski definition) is 10. The smallest absolute Gasteiger partial charge is 0.410 e. The minimum atomic E-state index is -0.323. The second kappa shape index (κ2) is 9.91. The molecule has 200 valence electrons. The number of carbonyl (C=O) groups excluding carboxylic acids is 1. The van der Waals surface area contributed by atoms with E-state index in [1.807, 2.05) is 24.0 Å². The topological polar surface area (TPSA) is 126 Å². The molecule has 2 unspecified atom stereocenters. The highest BCUT2D eigenvalue weighted by molar-refractivity contribution is 6.33. The van der Waals surface area contributed by atoms with Gasteiger partial charge in [0.25, 0.3) is 5.88 Å². The van der Waals surface area contributed by atoms with Crippen molar-refractivity contribution in [3.8, 4) is 17.3 Å². The molecule has 2 bridgehead atoms. The maximum Gasteiger partial charge on any atom is 0.410 e. The first-order chi connectivity index (χ1) is 18.4. The Morgan fingerprint density at radius 3 is 2.63 bits per heavy atom. The molecule has 6 rings (SSSR count). The minimum absolute atomic E-state index is 0.130. The minimum Gasteiger partial charge on any atom is -0.489 e. The highest BCUT2D eigenvalue weighted by Gasteiger charge is 2.48. The molecule has 1 saturated carbocycles. The van der Waals surface area contributed by atoms with Gasteiger partial charge in [-0.05, 0) is 38.0 Å². The lowest BCUT2D eigenvalue weighted by Crippen LogP contribution is -2.61. The van der Waals surface area contributed by atoms with Gasteiger partial charge in [-0.1, -0.05) is 11.6 Å². The predicted octanol–water partition coefficient (Wildman–Crippen LogP) is 3.76. The summed E-state index contributed by atoms with van der Waals surface area (Å²) in [6, 6.07) is 5.19. The number of piperidine rings is 1. The van der Waals surface area contributed by atoms with E-state index in [0.717, 1.165) is 18.5 Å². The third-order valence-electron chi connectivity index (χ3n) is 7.12. The fourth-order valence-corrected chi connectivity index (χ4v) is 5.11. The number of morpholine rings is 1. The van der Waals surface area contributed by atoms with E-state index in [-0.39, 0.29) is 29.9 Å². The van der Waals surface area contributed by atoms with Crippen molar-refractivity contribution in [2.75, 3.05) is 25.6 Å². The third-order valence-corrected chi connectivity index (χ3v) is 7.43. The molecule has 1 aliphatic carbocycles. The van der Waals surface area contributed by atoms with Gasteiger partial charge in [0.1, 0.15) is 30.7 Å². The van der Waals surface area contributed by atoms with E-state index in [1.165, 1.54) is 19.8 Å². The summed E-state index contributed by atoms with van der Waals surface area (Å²) >= 11 is 6.53. The summed E-state index contributed by atoms with van der Waals surface area (Å²) < 4.78 is 25.1. The Labute approximate surface area is 224 Å². The van der Waals surface area contributed by atoms with Gasteiger partial charge in [0.15, 0.2) is 5.82 Å². The van der Waals surface area contributed by atoms with E-state index in [9.17, 15) is 4.79 Å². The molecule has 0 radical (unpaired) electrons. The summed E-state index contributed by atoms with van der Waals surface area (Å²) in [4.78, 5) is 27.4. The molecule has 0 spiro atoms. The Hall–Kier alpha value is -3.64. The molecule has 2 aromatic heterocycles. The van der Waals surface area contributed by atoms with Gasteiger partial charge in [-0.3, -0.25) is 4.90 Å². The van der Waals surface area contributed by atoms with Crippen LogP contribution in [0.5, 0.6) is 11.6 Å². The monoisotopic (exact) mass is 541 g/mol. The van der Waals surface area contributed by atoms with Crippen molar-refractivity contribution in [1.29, 1.82) is 0 Å². The number of methoxy groups -OCH3 is 1. The molecule has 1 aromatic carbocycles. The quantitative estimate of drug-likeness (QED) is 0.472. The average molecular weight is 542 g/mol. The lowest BCUT2D eigenvalue weighted by molar-refractivity contribution is -0.0957. The molecule has 3 aromatic rings. The lowest BCUT2D eigenvalue weighted by Gasteiger charge is -2.47.